The van der Waals surface area contributed by atoms with E-state index in [9.17, 15) is 9.18 Å². The van der Waals surface area contributed by atoms with Crippen molar-refractivity contribution in [2.75, 3.05) is 5.32 Å². The normalized spacial score (nSPS) is 10.7. The highest BCUT2D eigenvalue weighted by Gasteiger charge is 2.14. The third-order valence-electron chi connectivity index (χ3n) is 4.48. The number of carbonyl (C=O) groups excluding carboxylic acids is 1. The van der Waals surface area contributed by atoms with Crippen molar-refractivity contribution in [3.05, 3.63) is 93.1 Å². The Morgan fingerprint density at radius 2 is 1.68 bits per heavy atom. The summed E-state index contributed by atoms with van der Waals surface area (Å²) in [5, 5.41) is 6.75. The molecule has 2 N–H and O–H groups in total. The van der Waals surface area contributed by atoms with Crippen LogP contribution in [-0.2, 0) is 0 Å². The molecule has 1 aromatic heterocycles. The second kappa shape index (κ2) is 9.21. The van der Waals surface area contributed by atoms with E-state index in [0.29, 0.717) is 22.5 Å². The Morgan fingerprint density at radius 3 is 2.39 bits per heavy atom. The summed E-state index contributed by atoms with van der Waals surface area (Å²) in [6.07, 6.45) is 0. The molecule has 0 aliphatic rings. The van der Waals surface area contributed by atoms with E-state index in [4.69, 9.17) is 17.2 Å². The summed E-state index contributed by atoms with van der Waals surface area (Å²) in [6, 6.07) is 20.5. The lowest BCUT2D eigenvalue weighted by molar-refractivity contribution is 0.0977. The predicted molar refractivity (Wildman–Crippen MR) is 133 cm³/mol. The van der Waals surface area contributed by atoms with Crippen LogP contribution in [0.3, 0.4) is 0 Å². The number of halogens is 3. The fraction of sp³-hybridized carbons (Fsp3) is 0. The Labute approximate surface area is 200 Å². The van der Waals surface area contributed by atoms with Crippen LogP contribution in [0.4, 0.5) is 10.1 Å². The van der Waals surface area contributed by atoms with Crippen molar-refractivity contribution in [1.82, 2.24) is 10.3 Å². The van der Waals surface area contributed by atoms with Crippen molar-refractivity contribution in [3.63, 3.8) is 0 Å². The van der Waals surface area contributed by atoms with Crippen LogP contribution < -0.4 is 10.6 Å². The molecule has 0 radical (unpaired) electrons. The molecular weight excluding hydrogens is 545 g/mol. The number of aromatic nitrogens is 1. The maximum Gasteiger partial charge on any atom is 0.257 e. The van der Waals surface area contributed by atoms with Gasteiger partial charge in [-0.25, -0.2) is 9.37 Å². The first-order valence-corrected chi connectivity index (χ1v) is 11.1. The second-order valence-corrected chi connectivity index (χ2v) is 8.80. The minimum atomic E-state index is -0.321. The molecule has 0 bridgehead atoms. The molecule has 4 nitrogen and oxygen atoms in total. The van der Waals surface area contributed by atoms with Gasteiger partial charge in [0.15, 0.2) is 5.11 Å². The van der Waals surface area contributed by atoms with Crippen LogP contribution in [0, 0.1) is 5.82 Å². The number of hydrogen-bond donors (Lipinski definition) is 2. The van der Waals surface area contributed by atoms with Crippen LogP contribution in [0.1, 0.15) is 10.4 Å². The minimum Gasteiger partial charge on any atom is -0.332 e. The number of pyridine rings is 1. The quantitative estimate of drug-likeness (QED) is 0.275. The molecule has 3 aromatic carbocycles. The molecule has 0 unspecified atom stereocenters. The van der Waals surface area contributed by atoms with Gasteiger partial charge in [-0.3, -0.25) is 10.1 Å². The van der Waals surface area contributed by atoms with Crippen LogP contribution in [-0.4, -0.2) is 16.0 Å². The van der Waals surface area contributed by atoms with Gasteiger partial charge in [-0.05, 0) is 82.7 Å². The Hall–Kier alpha value is -2.68. The molecule has 31 heavy (non-hydrogen) atoms. The Bertz CT molecular complexity index is 1300. The lowest BCUT2D eigenvalue weighted by Gasteiger charge is -2.15. The van der Waals surface area contributed by atoms with E-state index in [-0.39, 0.29) is 16.8 Å². The molecule has 4 aromatic rings. The zero-order valence-corrected chi connectivity index (χ0v) is 19.8. The lowest BCUT2D eigenvalue weighted by atomic mass is 10.1. The fourth-order valence-corrected chi connectivity index (χ4v) is 4.56. The van der Waals surface area contributed by atoms with Gasteiger partial charge in [-0.15, -0.1) is 0 Å². The molecule has 8 heteroatoms. The first-order valence-electron chi connectivity index (χ1n) is 9.14. The van der Waals surface area contributed by atoms with E-state index in [1.165, 1.54) is 12.1 Å². The number of benzene rings is 3. The highest BCUT2D eigenvalue weighted by molar-refractivity contribution is 9.11. The van der Waals surface area contributed by atoms with E-state index in [1.54, 1.807) is 36.4 Å². The molecule has 0 aliphatic heterocycles. The molecule has 0 saturated carbocycles. The summed E-state index contributed by atoms with van der Waals surface area (Å²) in [4.78, 5) is 17.2. The Morgan fingerprint density at radius 1 is 0.968 bits per heavy atom. The maximum absolute atomic E-state index is 13.4. The van der Waals surface area contributed by atoms with Crippen LogP contribution >= 0.6 is 44.1 Å². The number of hydrogen-bond acceptors (Lipinski definition) is 3. The maximum atomic E-state index is 13.4. The zero-order chi connectivity index (χ0) is 22.0. The summed E-state index contributed by atoms with van der Waals surface area (Å²) in [7, 11) is 0. The van der Waals surface area contributed by atoms with Crippen molar-refractivity contribution in [3.8, 4) is 11.3 Å². The largest absolute Gasteiger partial charge is 0.332 e. The summed E-state index contributed by atoms with van der Waals surface area (Å²) in [6.45, 7) is 0. The first kappa shape index (κ1) is 21.5. The second-order valence-electron chi connectivity index (χ2n) is 6.62. The van der Waals surface area contributed by atoms with Crippen molar-refractivity contribution in [1.29, 1.82) is 0 Å². The molecule has 1 amide bonds. The SMILES string of the molecule is O=C(NC(=S)Nc1cc(-c2ccc(F)cc2)nc2c(Br)cc(Br)cc12)c1ccccc1. The number of carbonyl (C=O) groups is 1. The Kier molecular flexibility index (Phi) is 6.41. The van der Waals surface area contributed by atoms with Gasteiger partial charge >= 0.3 is 0 Å². The van der Waals surface area contributed by atoms with Gasteiger partial charge in [-0.2, -0.15) is 0 Å². The minimum absolute atomic E-state index is 0.155. The van der Waals surface area contributed by atoms with Gasteiger partial charge in [0, 0.05) is 25.5 Å². The van der Waals surface area contributed by atoms with E-state index < -0.39 is 0 Å². The number of nitrogens with zero attached hydrogens (tertiary/aromatic N) is 1. The van der Waals surface area contributed by atoms with Crippen molar-refractivity contribution in [2.45, 2.75) is 0 Å². The number of rotatable bonds is 3. The van der Waals surface area contributed by atoms with E-state index in [1.807, 2.05) is 24.3 Å². The summed E-state index contributed by atoms with van der Waals surface area (Å²) in [5.74, 6) is -0.629. The van der Waals surface area contributed by atoms with Gasteiger partial charge in [-0.1, -0.05) is 34.1 Å². The van der Waals surface area contributed by atoms with E-state index in [2.05, 4.69) is 42.5 Å². The highest BCUT2D eigenvalue weighted by Crippen LogP contribution is 2.35. The molecule has 0 spiro atoms. The monoisotopic (exact) mass is 557 g/mol. The number of nitrogens with one attached hydrogen (secondary N) is 2. The molecule has 4 rings (SSSR count). The predicted octanol–water partition coefficient (Wildman–Crippen LogP) is 6.69. The summed E-state index contributed by atoms with van der Waals surface area (Å²) >= 11 is 12.4. The number of thiocarbonyl (C=S) groups is 1. The van der Waals surface area contributed by atoms with Crippen LogP contribution in [0.5, 0.6) is 0 Å². The summed E-state index contributed by atoms with van der Waals surface area (Å²) in [5.41, 5.74) is 3.24. The van der Waals surface area contributed by atoms with E-state index in [0.717, 1.165) is 19.9 Å². The molecule has 0 fully saturated rings. The molecular formula is C23H14Br2FN3OS. The molecule has 0 aliphatic carbocycles. The zero-order valence-electron chi connectivity index (χ0n) is 15.8. The van der Waals surface area contributed by atoms with Gasteiger partial charge in [0.1, 0.15) is 5.82 Å². The van der Waals surface area contributed by atoms with Crippen LogP contribution in [0.2, 0.25) is 0 Å². The third kappa shape index (κ3) is 4.98. The van der Waals surface area contributed by atoms with E-state index >= 15 is 0 Å². The number of fused-ring (bicyclic) bond motifs is 1. The standard InChI is InChI=1S/C23H14Br2FN3OS/c24-15-10-17-20(28-23(31)29-22(30)14-4-2-1-3-5-14)12-19(27-21(17)18(25)11-15)13-6-8-16(26)9-7-13/h1-12H,(H2,27,28,29,30,31). The van der Waals surface area contributed by atoms with Crippen molar-refractivity contribution < 1.29 is 9.18 Å². The average Bonchev–Trinajstić information content (AvgIpc) is 2.75. The van der Waals surface area contributed by atoms with Gasteiger partial charge in [0.2, 0.25) is 0 Å². The summed E-state index contributed by atoms with van der Waals surface area (Å²) < 4.78 is 15.0. The van der Waals surface area contributed by atoms with Crippen LogP contribution in [0.25, 0.3) is 22.2 Å². The van der Waals surface area contributed by atoms with Gasteiger partial charge in [0.25, 0.3) is 5.91 Å². The molecule has 0 saturated heterocycles. The van der Waals surface area contributed by atoms with Gasteiger partial charge in [0.05, 0.1) is 16.9 Å². The molecule has 154 valence electrons. The molecule has 0 atom stereocenters. The average molecular weight is 559 g/mol. The topological polar surface area (TPSA) is 54.0 Å². The van der Waals surface area contributed by atoms with Gasteiger partial charge < -0.3 is 5.32 Å². The Balaban J connectivity index is 1.72. The smallest absolute Gasteiger partial charge is 0.257 e. The highest BCUT2D eigenvalue weighted by atomic mass is 79.9. The number of anilines is 1. The third-order valence-corrected chi connectivity index (χ3v) is 5.75. The molecule has 1 heterocycles. The number of amides is 1. The van der Waals surface area contributed by atoms with Crippen molar-refractivity contribution >= 4 is 71.7 Å². The van der Waals surface area contributed by atoms with Crippen LogP contribution in [0.15, 0.2) is 81.7 Å². The lowest BCUT2D eigenvalue weighted by Crippen LogP contribution is -2.34. The first-order chi connectivity index (χ1) is 14.9. The fourth-order valence-electron chi connectivity index (χ4n) is 3.04. The van der Waals surface area contributed by atoms with Crippen molar-refractivity contribution in [2.24, 2.45) is 0 Å².